The molecule has 0 amide bonds. The van der Waals surface area contributed by atoms with E-state index >= 15 is 0 Å². The largest absolute Gasteiger partial charge is 0.496 e. The first-order valence-corrected chi connectivity index (χ1v) is 8.73. The van der Waals surface area contributed by atoms with Gasteiger partial charge in [0.05, 0.1) is 34.7 Å². The third-order valence-corrected chi connectivity index (χ3v) is 4.80. The molecule has 5 nitrogen and oxygen atoms in total. The molecule has 2 aromatic carbocycles. The highest BCUT2D eigenvalue weighted by molar-refractivity contribution is 6.41. The Morgan fingerprint density at radius 1 is 1.12 bits per heavy atom. The zero-order valence-corrected chi connectivity index (χ0v) is 15.9. The highest BCUT2D eigenvalue weighted by Crippen LogP contribution is 2.26. The van der Waals surface area contributed by atoms with Crippen molar-refractivity contribution < 1.29 is 4.74 Å². The fraction of sp³-hybridized carbons (Fsp3) is 0.111. The van der Waals surface area contributed by atoms with Gasteiger partial charge in [-0.1, -0.05) is 53.0 Å². The average Bonchev–Trinajstić information content (AvgIpc) is 2.65. The molecule has 0 bridgehead atoms. The number of aromatic nitrogens is 2. The predicted octanol–water partition coefficient (Wildman–Crippen LogP) is 4.81. The van der Waals surface area contributed by atoms with E-state index in [1.807, 2.05) is 24.3 Å². The van der Waals surface area contributed by atoms with Crippen LogP contribution in [0.25, 0.3) is 5.69 Å². The molecule has 0 aliphatic heterocycles. The molecule has 0 radical (unpaired) electrons. The Balaban J connectivity index is 1.84. The van der Waals surface area contributed by atoms with E-state index in [9.17, 15) is 4.79 Å². The molecule has 1 heterocycles. The molecule has 26 heavy (non-hydrogen) atoms. The molecule has 134 valence electrons. The van der Waals surface area contributed by atoms with Crippen molar-refractivity contribution in [2.75, 3.05) is 12.4 Å². The van der Waals surface area contributed by atoms with Gasteiger partial charge in [-0.05, 0) is 24.3 Å². The zero-order valence-electron chi connectivity index (χ0n) is 13.7. The summed E-state index contributed by atoms with van der Waals surface area (Å²) in [6.45, 7) is 0.536. The number of ether oxygens (including phenoxy) is 1. The molecule has 1 aromatic heterocycles. The maximum absolute atomic E-state index is 12.2. The minimum absolute atomic E-state index is 0.0869. The van der Waals surface area contributed by atoms with Gasteiger partial charge in [0.25, 0.3) is 5.56 Å². The van der Waals surface area contributed by atoms with Crippen LogP contribution >= 0.6 is 34.8 Å². The fourth-order valence-corrected chi connectivity index (χ4v) is 2.91. The fourth-order valence-electron chi connectivity index (χ4n) is 2.42. The second-order valence-electron chi connectivity index (χ2n) is 5.35. The number of nitrogens with zero attached hydrogens (tertiary/aromatic N) is 2. The third kappa shape index (κ3) is 3.80. The minimum atomic E-state index is -0.509. The van der Waals surface area contributed by atoms with Gasteiger partial charge in [0, 0.05) is 12.1 Å². The summed E-state index contributed by atoms with van der Waals surface area (Å²) in [7, 11) is 1.63. The topological polar surface area (TPSA) is 56.1 Å². The molecule has 0 aliphatic rings. The van der Waals surface area contributed by atoms with Crippen molar-refractivity contribution in [1.29, 1.82) is 0 Å². The Kier molecular flexibility index (Phi) is 5.71. The Hall–Kier alpha value is -2.21. The summed E-state index contributed by atoms with van der Waals surface area (Å²) >= 11 is 18.0. The lowest BCUT2D eigenvalue weighted by Gasteiger charge is -2.13. The van der Waals surface area contributed by atoms with Gasteiger partial charge in [-0.15, -0.1) is 0 Å². The summed E-state index contributed by atoms with van der Waals surface area (Å²) in [5.41, 5.74) is 1.69. The van der Waals surface area contributed by atoms with E-state index in [1.165, 1.54) is 6.20 Å². The van der Waals surface area contributed by atoms with Crippen LogP contribution in [0.4, 0.5) is 5.69 Å². The summed E-state index contributed by atoms with van der Waals surface area (Å²) in [6.07, 6.45) is 1.31. The number of hydrogen-bond donors (Lipinski definition) is 1. The predicted molar refractivity (Wildman–Crippen MR) is 105 cm³/mol. The maximum atomic E-state index is 12.2. The van der Waals surface area contributed by atoms with Gasteiger partial charge in [0.15, 0.2) is 0 Å². The van der Waals surface area contributed by atoms with Crippen LogP contribution in [0.1, 0.15) is 5.56 Å². The minimum Gasteiger partial charge on any atom is -0.496 e. The number of hydrogen-bond acceptors (Lipinski definition) is 4. The third-order valence-electron chi connectivity index (χ3n) is 3.74. The summed E-state index contributed by atoms with van der Waals surface area (Å²) < 4.78 is 6.48. The van der Waals surface area contributed by atoms with E-state index in [0.717, 1.165) is 21.7 Å². The van der Waals surface area contributed by atoms with Crippen molar-refractivity contribution in [3.63, 3.8) is 0 Å². The second-order valence-corrected chi connectivity index (χ2v) is 6.55. The van der Waals surface area contributed by atoms with Crippen LogP contribution in [0.5, 0.6) is 5.75 Å². The molecule has 0 unspecified atom stereocenters. The Labute approximate surface area is 165 Å². The van der Waals surface area contributed by atoms with Crippen LogP contribution in [-0.2, 0) is 6.54 Å². The van der Waals surface area contributed by atoms with E-state index in [4.69, 9.17) is 39.5 Å². The highest BCUT2D eigenvalue weighted by Gasteiger charge is 2.11. The second kappa shape index (κ2) is 7.99. The summed E-state index contributed by atoms with van der Waals surface area (Å²) in [5, 5.41) is 7.70. The van der Waals surface area contributed by atoms with Gasteiger partial charge < -0.3 is 10.1 Å². The molecule has 3 aromatic rings. The van der Waals surface area contributed by atoms with Crippen LogP contribution < -0.4 is 15.6 Å². The first-order valence-electron chi connectivity index (χ1n) is 7.60. The first-order chi connectivity index (χ1) is 12.5. The standard InChI is InChI=1S/C18H14Cl3N3O2/c1-26-16-5-3-2-4-11(16)9-22-15-7-6-12(8-13(15)19)24-18(25)17(21)14(20)10-23-24/h2-8,10,22H,9H2,1H3. The molecule has 0 saturated carbocycles. The van der Waals surface area contributed by atoms with E-state index in [0.29, 0.717) is 17.3 Å². The van der Waals surface area contributed by atoms with E-state index in [2.05, 4.69) is 10.4 Å². The van der Waals surface area contributed by atoms with Crippen LogP contribution in [0.15, 0.2) is 53.5 Å². The van der Waals surface area contributed by atoms with Crippen molar-refractivity contribution in [3.05, 3.63) is 79.6 Å². The van der Waals surface area contributed by atoms with Crippen LogP contribution in [0.3, 0.4) is 0 Å². The van der Waals surface area contributed by atoms with Crippen molar-refractivity contribution in [2.45, 2.75) is 6.54 Å². The number of anilines is 1. The molecular formula is C18H14Cl3N3O2. The van der Waals surface area contributed by atoms with Crippen molar-refractivity contribution in [2.24, 2.45) is 0 Å². The SMILES string of the molecule is COc1ccccc1CNc1ccc(-n2ncc(Cl)c(Cl)c2=O)cc1Cl. The molecule has 3 rings (SSSR count). The quantitative estimate of drug-likeness (QED) is 0.655. The number of benzene rings is 2. The summed E-state index contributed by atoms with van der Waals surface area (Å²) in [5.74, 6) is 0.791. The summed E-state index contributed by atoms with van der Waals surface area (Å²) in [4.78, 5) is 12.2. The van der Waals surface area contributed by atoms with Crippen molar-refractivity contribution in [1.82, 2.24) is 9.78 Å². The first kappa shape index (κ1) is 18.6. The normalized spacial score (nSPS) is 10.6. The van der Waals surface area contributed by atoms with Gasteiger partial charge in [0.1, 0.15) is 10.8 Å². The molecule has 1 N–H and O–H groups in total. The maximum Gasteiger partial charge on any atom is 0.291 e. The number of nitrogens with one attached hydrogen (secondary N) is 1. The number of rotatable bonds is 5. The molecular weight excluding hydrogens is 397 g/mol. The van der Waals surface area contributed by atoms with E-state index in [1.54, 1.807) is 25.3 Å². The van der Waals surface area contributed by atoms with Gasteiger partial charge in [-0.3, -0.25) is 4.79 Å². The van der Waals surface area contributed by atoms with Gasteiger partial charge in [-0.2, -0.15) is 9.78 Å². The van der Waals surface area contributed by atoms with Crippen molar-refractivity contribution in [3.8, 4) is 11.4 Å². The van der Waals surface area contributed by atoms with Crippen LogP contribution in [0.2, 0.25) is 15.1 Å². The van der Waals surface area contributed by atoms with Gasteiger partial charge in [-0.25, -0.2) is 0 Å². The van der Waals surface area contributed by atoms with Crippen molar-refractivity contribution >= 4 is 40.5 Å². The number of para-hydroxylation sites is 1. The Morgan fingerprint density at radius 3 is 2.62 bits per heavy atom. The van der Waals surface area contributed by atoms with Gasteiger partial charge >= 0.3 is 0 Å². The van der Waals surface area contributed by atoms with E-state index in [-0.39, 0.29) is 10.0 Å². The Bertz CT molecular complexity index is 1010. The summed E-state index contributed by atoms with van der Waals surface area (Å²) in [6, 6.07) is 12.8. The monoisotopic (exact) mass is 409 g/mol. The highest BCUT2D eigenvalue weighted by atomic mass is 35.5. The number of halogens is 3. The zero-order chi connectivity index (χ0) is 18.7. The molecule has 0 atom stereocenters. The average molecular weight is 411 g/mol. The van der Waals surface area contributed by atoms with Crippen LogP contribution in [0, 0.1) is 0 Å². The van der Waals surface area contributed by atoms with E-state index < -0.39 is 5.56 Å². The molecule has 0 aliphatic carbocycles. The lowest BCUT2D eigenvalue weighted by molar-refractivity contribution is 0.410. The molecule has 0 spiro atoms. The molecule has 8 heteroatoms. The molecule has 0 fully saturated rings. The lowest BCUT2D eigenvalue weighted by atomic mass is 10.2. The van der Waals surface area contributed by atoms with Gasteiger partial charge in [0.2, 0.25) is 0 Å². The van der Waals surface area contributed by atoms with Crippen LogP contribution in [-0.4, -0.2) is 16.9 Å². The number of methoxy groups -OCH3 is 1. The smallest absolute Gasteiger partial charge is 0.291 e. The lowest BCUT2D eigenvalue weighted by Crippen LogP contribution is -2.21. The molecule has 0 saturated heterocycles. The Morgan fingerprint density at radius 2 is 1.88 bits per heavy atom.